The summed E-state index contributed by atoms with van der Waals surface area (Å²) in [6, 6.07) is 6.34. The zero-order valence-corrected chi connectivity index (χ0v) is 12.5. The lowest BCUT2D eigenvalue weighted by Crippen LogP contribution is -2.35. The first-order valence-corrected chi connectivity index (χ1v) is 7.55. The van der Waals surface area contributed by atoms with E-state index < -0.39 is 0 Å². The van der Waals surface area contributed by atoms with Crippen LogP contribution < -0.4 is 0 Å². The summed E-state index contributed by atoms with van der Waals surface area (Å²) < 4.78 is 0. The molecular formula is C17H27NO. The van der Waals surface area contributed by atoms with E-state index in [-0.39, 0.29) is 6.10 Å². The van der Waals surface area contributed by atoms with E-state index in [1.54, 1.807) is 0 Å². The van der Waals surface area contributed by atoms with Crippen LogP contribution in [0.2, 0.25) is 0 Å². The maximum absolute atomic E-state index is 10.6. The van der Waals surface area contributed by atoms with Gasteiger partial charge < -0.3 is 10.0 Å². The molecule has 1 aliphatic rings. The molecule has 2 heteroatoms. The summed E-state index contributed by atoms with van der Waals surface area (Å²) in [7, 11) is 0. The maximum Gasteiger partial charge on any atom is 0.0830 e. The molecule has 2 nitrogen and oxygen atoms in total. The molecule has 1 aromatic rings. The first-order chi connectivity index (χ1) is 9.08. The van der Waals surface area contributed by atoms with Gasteiger partial charge in [0, 0.05) is 6.54 Å². The summed E-state index contributed by atoms with van der Waals surface area (Å²) in [4.78, 5) is 2.50. The van der Waals surface area contributed by atoms with Gasteiger partial charge in [-0.2, -0.15) is 0 Å². The highest BCUT2D eigenvalue weighted by molar-refractivity contribution is 5.32. The zero-order valence-electron chi connectivity index (χ0n) is 12.5. The van der Waals surface area contributed by atoms with Crippen LogP contribution in [-0.4, -0.2) is 29.6 Å². The summed E-state index contributed by atoms with van der Waals surface area (Å²) in [5.41, 5.74) is 3.56. The molecule has 0 aliphatic carbocycles. The second-order valence-corrected chi connectivity index (χ2v) is 6.14. The number of nitrogens with zero attached hydrogens (tertiary/aromatic N) is 1. The Morgan fingerprint density at radius 1 is 1.16 bits per heavy atom. The Morgan fingerprint density at radius 2 is 1.84 bits per heavy atom. The Balaban J connectivity index is 1.99. The Labute approximate surface area is 117 Å². The van der Waals surface area contributed by atoms with Gasteiger partial charge in [-0.05, 0) is 56.8 Å². The van der Waals surface area contributed by atoms with Gasteiger partial charge in [-0.1, -0.05) is 37.1 Å². The van der Waals surface area contributed by atoms with E-state index in [1.165, 1.54) is 43.5 Å². The first kappa shape index (κ1) is 14.5. The standard InChI is InChI=1S/C17H27NO/c1-13-7-8-16(14(2)11-13)17(19)15(3)12-18-9-5-4-6-10-18/h7-8,11,15,17,19H,4-6,9-10,12H2,1-3H3. The highest BCUT2D eigenvalue weighted by atomic mass is 16.3. The molecule has 1 heterocycles. The summed E-state index contributed by atoms with van der Waals surface area (Å²) in [5.74, 6) is 0.291. The molecule has 0 bridgehead atoms. The fourth-order valence-corrected chi connectivity index (χ4v) is 3.11. The van der Waals surface area contributed by atoms with Gasteiger partial charge in [0.25, 0.3) is 0 Å². The first-order valence-electron chi connectivity index (χ1n) is 7.55. The molecule has 1 aliphatic heterocycles. The summed E-state index contributed by atoms with van der Waals surface area (Å²) in [6.07, 6.45) is 3.64. The monoisotopic (exact) mass is 261 g/mol. The highest BCUT2D eigenvalue weighted by Crippen LogP contribution is 2.26. The molecule has 0 saturated carbocycles. The van der Waals surface area contributed by atoms with E-state index in [0.717, 1.165) is 12.1 Å². The number of piperidine rings is 1. The molecule has 2 unspecified atom stereocenters. The highest BCUT2D eigenvalue weighted by Gasteiger charge is 2.21. The Kier molecular flexibility index (Phi) is 5.00. The van der Waals surface area contributed by atoms with Crippen LogP contribution in [0.1, 0.15) is 49.0 Å². The minimum absolute atomic E-state index is 0.291. The molecule has 1 aromatic carbocycles. The van der Waals surface area contributed by atoms with Crippen molar-refractivity contribution in [2.75, 3.05) is 19.6 Å². The van der Waals surface area contributed by atoms with E-state index in [9.17, 15) is 5.11 Å². The number of rotatable bonds is 4. The topological polar surface area (TPSA) is 23.5 Å². The third-order valence-electron chi connectivity index (χ3n) is 4.28. The fourth-order valence-electron chi connectivity index (χ4n) is 3.11. The van der Waals surface area contributed by atoms with Crippen molar-refractivity contribution in [2.24, 2.45) is 5.92 Å². The van der Waals surface area contributed by atoms with Gasteiger partial charge >= 0.3 is 0 Å². The summed E-state index contributed by atoms with van der Waals surface area (Å²) in [5, 5.41) is 10.6. The van der Waals surface area contributed by atoms with Crippen LogP contribution in [-0.2, 0) is 0 Å². The molecule has 0 spiro atoms. The largest absolute Gasteiger partial charge is 0.388 e. The predicted molar refractivity (Wildman–Crippen MR) is 80.3 cm³/mol. The van der Waals surface area contributed by atoms with Crippen molar-refractivity contribution in [1.82, 2.24) is 4.90 Å². The van der Waals surface area contributed by atoms with E-state index in [1.807, 2.05) is 0 Å². The van der Waals surface area contributed by atoms with Crippen molar-refractivity contribution in [3.63, 3.8) is 0 Å². The Hall–Kier alpha value is -0.860. The molecule has 0 aromatic heterocycles. The molecule has 1 saturated heterocycles. The van der Waals surface area contributed by atoms with Crippen molar-refractivity contribution in [3.05, 3.63) is 34.9 Å². The van der Waals surface area contributed by atoms with E-state index in [0.29, 0.717) is 5.92 Å². The van der Waals surface area contributed by atoms with Gasteiger partial charge in [-0.3, -0.25) is 0 Å². The van der Waals surface area contributed by atoms with Crippen LogP contribution >= 0.6 is 0 Å². The predicted octanol–water partition coefficient (Wildman–Crippen LogP) is 3.46. The van der Waals surface area contributed by atoms with Crippen molar-refractivity contribution >= 4 is 0 Å². The molecule has 106 valence electrons. The van der Waals surface area contributed by atoms with Crippen molar-refractivity contribution < 1.29 is 5.11 Å². The van der Waals surface area contributed by atoms with E-state index >= 15 is 0 Å². The van der Waals surface area contributed by atoms with Crippen molar-refractivity contribution in [3.8, 4) is 0 Å². The third-order valence-corrected chi connectivity index (χ3v) is 4.28. The summed E-state index contributed by atoms with van der Waals surface area (Å²) >= 11 is 0. The number of aryl methyl sites for hydroxylation is 2. The third kappa shape index (κ3) is 3.80. The number of likely N-dealkylation sites (tertiary alicyclic amines) is 1. The van der Waals surface area contributed by atoms with Crippen molar-refractivity contribution in [1.29, 1.82) is 0 Å². The van der Waals surface area contributed by atoms with Crippen LogP contribution in [0.25, 0.3) is 0 Å². The number of benzene rings is 1. The van der Waals surface area contributed by atoms with Crippen LogP contribution in [0.5, 0.6) is 0 Å². The SMILES string of the molecule is Cc1ccc(C(O)C(C)CN2CCCCC2)c(C)c1. The quantitative estimate of drug-likeness (QED) is 0.897. The average molecular weight is 261 g/mol. The van der Waals surface area contributed by atoms with Gasteiger partial charge in [-0.25, -0.2) is 0 Å². The lowest BCUT2D eigenvalue weighted by atomic mass is 9.92. The number of hydrogen-bond donors (Lipinski definition) is 1. The molecular weight excluding hydrogens is 234 g/mol. The minimum Gasteiger partial charge on any atom is -0.388 e. The van der Waals surface area contributed by atoms with Gasteiger partial charge in [0.2, 0.25) is 0 Å². The maximum atomic E-state index is 10.6. The Morgan fingerprint density at radius 3 is 2.47 bits per heavy atom. The van der Waals surface area contributed by atoms with Crippen LogP contribution in [0, 0.1) is 19.8 Å². The van der Waals surface area contributed by atoms with Gasteiger partial charge in [0.05, 0.1) is 6.10 Å². The second-order valence-electron chi connectivity index (χ2n) is 6.14. The molecule has 1 N–H and O–H groups in total. The lowest BCUT2D eigenvalue weighted by Gasteiger charge is -2.31. The molecule has 2 atom stereocenters. The van der Waals surface area contributed by atoms with Crippen LogP contribution in [0.4, 0.5) is 0 Å². The molecule has 1 fully saturated rings. The number of aliphatic hydroxyl groups excluding tert-OH is 1. The fraction of sp³-hybridized carbons (Fsp3) is 0.647. The summed E-state index contributed by atoms with van der Waals surface area (Å²) in [6.45, 7) is 9.76. The van der Waals surface area contributed by atoms with Crippen molar-refractivity contribution in [2.45, 2.75) is 46.1 Å². The number of hydrogen-bond acceptors (Lipinski definition) is 2. The zero-order chi connectivity index (χ0) is 13.8. The number of aliphatic hydroxyl groups is 1. The molecule has 2 rings (SSSR count). The molecule has 19 heavy (non-hydrogen) atoms. The smallest absolute Gasteiger partial charge is 0.0830 e. The lowest BCUT2D eigenvalue weighted by molar-refractivity contribution is 0.0815. The van der Waals surface area contributed by atoms with Gasteiger partial charge in [0.1, 0.15) is 0 Å². The molecule has 0 amide bonds. The average Bonchev–Trinajstić information content (AvgIpc) is 2.39. The van der Waals surface area contributed by atoms with E-state index in [2.05, 4.69) is 43.9 Å². The van der Waals surface area contributed by atoms with Gasteiger partial charge in [0.15, 0.2) is 0 Å². The minimum atomic E-state index is -0.345. The molecule has 0 radical (unpaired) electrons. The Bertz CT molecular complexity index is 410. The normalized spacial score (nSPS) is 20.2. The second kappa shape index (κ2) is 6.53. The van der Waals surface area contributed by atoms with Crippen LogP contribution in [0.15, 0.2) is 18.2 Å². The van der Waals surface area contributed by atoms with Gasteiger partial charge in [-0.15, -0.1) is 0 Å². The van der Waals surface area contributed by atoms with E-state index in [4.69, 9.17) is 0 Å². The van der Waals surface area contributed by atoms with Crippen LogP contribution in [0.3, 0.4) is 0 Å².